The predicted molar refractivity (Wildman–Crippen MR) is 96.0 cm³/mol. The summed E-state index contributed by atoms with van der Waals surface area (Å²) in [5.74, 6) is 0.996. The van der Waals surface area contributed by atoms with Gasteiger partial charge in [-0.15, -0.1) is 0 Å². The van der Waals surface area contributed by atoms with E-state index in [0.29, 0.717) is 18.8 Å². The number of rotatable bonds is 3. The Morgan fingerprint density at radius 2 is 2.16 bits per heavy atom. The number of aromatic amines is 1. The molecule has 3 heterocycles. The first kappa shape index (κ1) is 17.1. The van der Waals surface area contributed by atoms with Gasteiger partial charge < -0.3 is 14.8 Å². The first-order chi connectivity index (χ1) is 11.9. The summed E-state index contributed by atoms with van der Waals surface area (Å²) in [5, 5.41) is 0. The molecule has 7 heteroatoms. The van der Waals surface area contributed by atoms with Gasteiger partial charge in [0.1, 0.15) is 11.5 Å². The summed E-state index contributed by atoms with van der Waals surface area (Å²) in [7, 11) is 3.92. The summed E-state index contributed by atoms with van der Waals surface area (Å²) >= 11 is 0. The van der Waals surface area contributed by atoms with Gasteiger partial charge in [-0.2, -0.15) is 4.98 Å². The quantitative estimate of drug-likeness (QED) is 0.916. The summed E-state index contributed by atoms with van der Waals surface area (Å²) in [6.45, 7) is 3.07. The van der Waals surface area contributed by atoms with E-state index in [-0.39, 0.29) is 17.5 Å². The first-order valence-corrected chi connectivity index (χ1v) is 8.44. The monoisotopic (exact) mass is 341 g/mol. The molecule has 0 spiro atoms. The highest BCUT2D eigenvalue weighted by Gasteiger charge is 2.26. The molecule has 0 aliphatic carbocycles. The molecule has 0 saturated carbocycles. The smallest absolute Gasteiger partial charge is 0.345 e. The number of likely N-dealkylation sites (tertiary alicyclic amines) is 1. The van der Waals surface area contributed by atoms with E-state index in [2.05, 4.69) is 21.0 Å². The SMILES string of the molecule is Cc1cc(C(=O)N2CCCC(c3ccnc(N(C)C)c3)C2)nc(=O)[nH]1. The third-order valence-corrected chi connectivity index (χ3v) is 4.51. The lowest BCUT2D eigenvalue weighted by Crippen LogP contribution is -2.40. The molecule has 2 aromatic rings. The maximum Gasteiger partial charge on any atom is 0.345 e. The molecule has 1 amide bonds. The van der Waals surface area contributed by atoms with Crippen molar-refractivity contribution < 1.29 is 4.79 Å². The standard InChI is InChI=1S/C18H23N5O2/c1-12-9-15(21-18(25)20-12)17(24)23-8-4-5-14(11-23)13-6-7-19-16(10-13)22(2)3/h6-7,9-10,14H,4-5,8,11H2,1-3H3,(H,20,21,25). The van der Waals surface area contributed by atoms with Gasteiger partial charge in [-0.25, -0.2) is 9.78 Å². The highest BCUT2D eigenvalue weighted by Crippen LogP contribution is 2.28. The van der Waals surface area contributed by atoms with Crippen LogP contribution < -0.4 is 10.6 Å². The normalized spacial score (nSPS) is 17.4. The maximum atomic E-state index is 12.7. The fourth-order valence-electron chi connectivity index (χ4n) is 3.22. The molecule has 1 atom stereocenters. The van der Waals surface area contributed by atoms with E-state index < -0.39 is 5.69 Å². The highest BCUT2D eigenvalue weighted by atomic mass is 16.2. The van der Waals surface area contributed by atoms with Crippen molar-refractivity contribution in [1.29, 1.82) is 0 Å². The minimum Gasteiger partial charge on any atom is -0.363 e. The molecule has 1 unspecified atom stereocenters. The van der Waals surface area contributed by atoms with Gasteiger partial charge in [0.05, 0.1) is 0 Å². The molecular weight excluding hydrogens is 318 g/mol. The predicted octanol–water partition coefficient (Wildman–Crippen LogP) is 1.56. The van der Waals surface area contributed by atoms with E-state index in [1.165, 1.54) is 5.56 Å². The lowest BCUT2D eigenvalue weighted by atomic mass is 9.91. The number of carbonyl (C=O) groups excluding carboxylic acids is 1. The Morgan fingerprint density at radius 3 is 2.88 bits per heavy atom. The molecule has 1 N–H and O–H groups in total. The number of nitrogens with one attached hydrogen (secondary N) is 1. The average Bonchev–Trinajstić information content (AvgIpc) is 2.60. The molecule has 1 fully saturated rings. The van der Waals surface area contributed by atoms with Crippen molar-refractivity contribution in [3.05, 3.63) is 51.8 Å². The second-order valence-corrected chi connectivity index (χ2v) is 6.69. The van der Waals surface area contributed by atoms with Crippen LogP contribution in [0, 0.1) is 6.92 Å². The van der Waals surface area contributed by atoms with Gasteiger partial charge in [0, 0.05) is 45.0 Å². The molecule has 25 heavy (non-hydrogen) atoms. The van der Waals surface area contributed by atoms with Gasteiger partial charge in [0.25, 0.3) is 5.91 Å². The topological polar surface area (TPSA) is 82.2 Å². The fourth-order valence-corrected chi connectivity index (χ4v) is 3.22. The third kappa shape index (κ3) is 3.87. The van der Waals surface area contributed by atoms with Crippen molar-refractivity contribution in [2.75, 3.05) is 32.1 Å². The van der Waals surface area contributed by atoms with Crippen molar-refractivity contribution in [1.82, 2.24) is 19.9 Å². The van der Waals surface area contributed by atoms with Crippen molar-refractivity contribution in [3.8, 4) is 0 Å². The van der Waals surface area contributed by atoms with Gasteiger partial charge >= 0.3 is 5.69 Å². The molecule has 0 aromatic carbocycles. The zero-order valence-corrected chi connectivity index (χ0v) is 14.8. The van der Waals surface area contributed by atoms with Gasteiger partial charge in [-0.1, -0.05) is 0 Å². The minimum atomic E-state index is -0.485. The van der Waals surface area contributed by atoms with Gasteiger partial charge in [-0.3, -0.25) is 4.79 Å². The molecule has 0 bridgehead atoms. The Morgan fingerprint density at radius 1 is 1.36 bits per heavy atom. The third-order valence-electron chi connectivity index (χ3n) is 4.51. The van der Waals surface area contributed by atoms with Crippen LogP contribution in [0.15, 0.2) is 29.2 Å². The van der Waals surface area contributed by atoms with Gasteiger partial charge in [0.15, 0.2) is 0 Å². The molecule has 132 valence electrons. The Labute approximate surface area is 146 Å². The summed E-state index contributed by atoms with van der Waals surface area (Å²) in [6, 6.07) is 5.72. The Bertz CT molecular complexity index is 830. The molecule has 0 radical (unpaired) electrons. The summed E-state index contributed by atoms with van der Waals surface area (Å²) < 4.78 is 0. The molecular formula is C18H23N5O2. The number of hydrogen-bond acceptors (Lipinski definition) is 5. The van der Waals surface area contributed by atoms with Crippen LogP contribution in [0.1, 0.15) is 40.5 Å². The second kappa shape index (κ2) is 7.04. The molecule has 1 aliphatic heterocycles. The largest absolute Gasteiger partial charge is 0.363 e. The average molecular weight is 341 g/mol. The molecule has 1 saturated heterocycles. The number of nitrogens with zero attached hydrogens (tertiary/aromatic N) is 4. The van der Waals surface area contributed by atoms with Crippen molar-refractivity contribution in [2.24, 2.45) is 0 Å². The van der Waals surface area contributed by atoms with Gasteiger partial charge in [-0.05, 0) is 43.5 Å². The number of carbonyl (C=O) groups is 1. The molecule has 2 aromatic heterocycles. The highest BCUT2D eigenvalue weighted by molar-refractivity contribution is 5.92. The number of anilines is 1. The second-order valence-electron chi connectivity index (χ2n) is 6.69. The van der Waals surface area contributed by atoms with Crippen LogP contribution >= 0.6 is 0 Å². The number of pyridine rings is 1. The fraction of sp³-hybridized carbons (Fsp3) is 0.444. The lowest BCUT2D eigenvalue weighted by molar-refractivity contribution is 0.0700. The summed E-state index contributed by atoms with van der Waals surface area (Å²) in [4.78, 5) is 38.8. The molecule has 1 aliphatic rings. The van der Waals surface area contributed by atoms with Crippen LogP contribution in [0.4, 0.5) is 5.82 Å². The Kier molecular flexibility index (Phi) is 4.83. The Hall–Kier alpha value is -2.70. The van der Waals surface area contributed by atoms with E-state index in [1.807, 2.05) is 31.3 Å². The Balaban J connectivity index is 1.80. The van der Waals surface area contributed by atoms with Crippen molar-refractivity contribution in [2.45, 2.75) is 25.7 Å². The number of aryl methyl sites for hydroxylation is 1. The van der Waals surface area contributed by atoms with E-state index >= 15 is 0 Å². The van der Waals surface area contributed by atoms with Crippen molar-refractivity contribution in [3.63, 3.8) is 0 Å². The van der Waals surface area contributed by atoms with E-state index in [4.69, 9.17) is 0 Å². The number of aromatic nitrogens is 3. The number of H-pyrrole nitrogens is 1. The van der Waals surface area contributed by atoms with Crippen LogP contribution in [-0.4, -0.2) is 52.9 Å². The first-order valence-electron chi connectivity index (χ1n) is 8.44. The van der Waals surface area contributed by atoms with E-state index in [0.717, 1.165) is 18.7 Å². The van der Waals surface area contributed by atoms with Crippen LogP contribution in [0.2, 0.25) is 0 Å². The minimum absolute atomic E-state index is 0.180. The molecule has 7 nitrogen and oxygen atoms in total. The van der Waals surface area contributed by atoms with Crippen LogP contribution in [0.25, 0.3) is 0 Å². The van der Waals surface area contributed by atoms with Crippen molar-refractivity contribution >= 4 is 11.7 Å². The van der Waals surface area contributed by atoms with E-state index in [1.54, 1.807) is 17.9 Å². The van der Waals surface area contributed by atoms with Gasteiger partial charge in [0.2, 0.25) is 0 Å². The maximum absolute atomic E-state index is 12.7. The summed E-state index contributed by atoms with van der Waals surface area (Å²) in [5.41, 5.74) is 1.56. The lowest BCUT2D eigenvalue weighted by Gasteiger charge is -2.33. The molecule has 3 rings (SSSR count). The number of hydrogen-bond donors (Lipinski definition) is 1. The van der Waals surface area contributed by atoms with E-state index in [9.17, 15) is 9.59 Å². The van der Waals surface area contributed by atoms with Crippen LogP contribution in [-0.2, 0) is 0 Å². The summed E-state index contributed by atoms with van der Waals surface area (Å²) in [6.07, 6.45) is 3.77. The zero-order valence-electron chi connectivity index (χ0n) is 14.8. The zero-order chi connectivity index (χ0) is 18.0. The van der Waals surface area contributed by atoms with Crippen LogP contribution in [0.3, 0.4) is 0 Å². The number of piperidine rings is 1. The van der Waals surface area contributed by atoms with Crippen LogP contribution in [0.5, 0.6) is 0 Å². The number of amides is 1.